The zero-order chi connectivity index (χ0) is 71.1. The molecule has 4 amide bonds. The zero-order valence-electron chi connectivity index (χ0n) is 57.3. The Morgan fingerprint density at radius 3 is 0.902 bits per heavy atom. The molecule has 2 aliphatic heterocycles. The number of fused-ring (bicyclic) bond motifs is 8. The molecule has 5 rings (SSSR count). The third-order valence-electron chi connectivity index (χ3n) is 15.7. The van der Waals surface area contributed by atoms with Gasteiger partial charge in [-0.2, -0.15) is 0 Å². The number of carbonyl (C=O) groups excluding carboxylic acids is 12. The van der Waals surface area contributed by atoms with Crippen LogP contribution in [0.1, 0.15) is 98.4 Å². The molecule has 0 saturated carbocycles. The summed E-state index contributed by atoms with van der Waals surface area (Å²) in [5, 5.41) is 91.3. The van der Waals surface area contributed by atoms with Crippen LogP contribution in [-0.2, 0) is 87.2 Å². The molecule has 2 aliphatic rings. The number of carboxylic acid groups (broad SMARTS) is 8. The average Bonchev–Trinajstić information content (AvgIpc) is 1.62. The molecule has 3 aromatic rings. The number of hydrogen-bond donors (Lipinski definition) is 4. The Balaban J connectivity index is 0. The number of nitrogens with one attached hydrogen (secondary N) is 4. The number of aryl methyl sites for hydroxylation is 4. The molecular weight excluding hydrogens is 1720 g/mol. The summed E-state index contributed by atoms with van der Waals surface area (Å²) in [4.78, 5) is 172. The summed E-state index contributed by atoms with van der Waals surface area (Å²) in [6.45, 7) is 1.81. The van der Waals surface area contributed by atoms with E-state index in [2.05, 4.69) is 21.7 Å². The number of aliphatic carboxylic acids is 8. The number of rotatable bonds is 40. The molecule has 0 aromatic carbocycles. The number of hydrogen-bond acceptors (Lipinski definition) is 28. The fourth-order valence-corrected chi connectivity index (χ4v) is 10.9. The molecule has 102 heavy (non-hydrogen) atoms. The van der Waals surface area contributed by atoms with Crippen LogP contribution in [0.3, 0.4) is 0 Å². The number of hydrazine groups is 2. The van der Waals surface area contributed by atoms with E-state index in [0.717, 1.165) is 41.9 Å². The Morgan fingerprint density at radius 2 is 0.608 bits per heavy atom. The molecule has 4 N–H and O–H groups in total. The van der Waals surface area contributed by atoms with Crippen molar-refractivity contribution in [2.75, 3.05) is 118 Å². The maximum absolute atomic E-state index is 13.6. The Morgan fingerprint density at radius 1 is 0.363 bits per heavy atom. The normalized spacial score (nSPS) is 11.6. The van der Waals surface area contributed by atoms with Gasteiger partial charge in [0.25, 0.3) is 11.8 Å². The first-order chi connectivity index (χ1) is 45.3. The first-order valence-electron chi connectivity index (χ1n) is 30.4. The fraction of sp³-hybridized carbons (Fsp3) is 0.484. The van der Waals surface area contributed by atoms with E-state index in [4.69, 9.17) is 19.9 Å². The molecule has 0 fully saturated rings. The summed E-state index contributed by atoms with van der Waals surface area (Å²) in [6, 6.07) is 7.32. The van der Waals surface area contributed by atoms with Crippen molar-refractivity contribution in [3.05, 3.63) is 69.3 Å². The molecule has 0 unspecified atom stereocenters. The molecule has 0 atom stereocenters. The van der Waals surface area contributed by atoms with Crippen molar-refractivity contribution in [3.63, 3.8) is 0 Å². The van der Waals surface area contributed by atoms with Crippen molar-refractivity contribution in [3.8, 4) is 0 Å². The quantitative estimate of drug-likeness (QED) is 0.0303. The second-order valence-corrected chi connectivity index (χ2v) is 22.8. The van der Waals surface area contributed by atoms with E-state index >= 15 is 0 Å². The standard InChI is InChI=1S/C62H84N14O20.ClH.Co.2Gd.2Na/c1-7-39-35(3)43-21-44-37(5)41(9-11-51(77)67-69-53(79)25-73(29-57(85)86)17-13-71(27-55(81)82)15-19-75(31-59(89)90)32-60(91)92)49(65-44)24-50-42(38(6)46(66-50)23-48-40(8-2)36(4)45(64-48)22-47(39)63-43)10-12-52(78)68-70-54(80)26-74(30-58(87)88)18-14-72(28-56(83)84)16-20-76(33-61(93)94)34-62(95)96;;;;;;/h21-24H,7-20,25-34H2,1-6H3,(H14,63,64,65,66,67,68,69,70,77,78,79,80,81,82,83,84,85,86,87,88,89,90,91,92,93,94,95,96);1H;;;;;/q;;3*+3;2*+1/p-11. The van der Waals surface area contributed by atoms with Gasteiger partial charge in [-0.15, -0.1) is 22.1 Å². The van der Waals surface area contributed by atoms with Crippen molar-refractivity contribution in [2.24, 2.45) is 0 Å². The van der Waals surface area contributed by atoms with Crippen LogP contribution in [-0.4, -0.2) is 229 Å². The third kappa shape index (κ3) is 33.5. The number of nitrogens with zero attached hydrogens (tertiary/aromatic N) is 10. The van der Waals surface area contributed by atoms with Crippen LogP contribution >= 0.6 is 0 Å². The average molecular weight is 1790 g/mol. The largest absolute Gasteiger partial charge is 3.00 e. The fourth-order valence-electron chi connectivity index (χ4n) is 10.9. The van der Waals surface area contributed by atoms with Gasteiger partial charge < -0.3 is 102 Å². The van der Waals surface area contributed by atoms with E-state index < -0.39 is 137 Å². The van der Waals surface area contributed by atoms with Gasteiger partial charge in [-0.05, 0) is 81.7 Å². The summed E-state index contributed by atoms with van der Waals surface area (Å²) < 4.78 is 0. The summed E-state index contributed by atoms with van der Waals surface area (Å²) in [6.07, 6.45) is 0.793. The van der Waals surface area contributed by atoms with Gasteiger partial charge in [-0.25, -0.2) is 9.97 Å². The van der Waals surface area contributed by atoms with Gasteiger partial charge in [0.15, 0.2) is 0 Å². The monoisotopic (exact) mass is 1790 g/mol. The van der Waals surface area contributed by atoms with Gasteiger partial charge in [0.05, 0.1) is 83.6 Å². The summed E-state index contributed by atoms with van der Waals surface area (Å²) >= 11 is 0. The SMILES string of the molecule is CCC1=C(C)c2cc3[n-]c(cc4[n-]c(cc5nc(cc1n2)C(C)=C5CC)c(C)c4CCC(=O)NNC(=O)CN(CCN(CCN(CC(=O)[O-])CC(=O)[O-])CC(=O)[O-])CC(=O)[O-])c(CCC(=O)NNC(=O)CN(CCN(CCN(CC(=O)[O-])CC(=O)[O-])CC(=O)[O-])CC(=O)[O-])c3C.[Cl-].[Co+3].[Gd+3].[Gd+3].[Na+].[Na+]. The van der Waals surface area contributed by atoms with E-state index in [1.807, 2.05) is 59.7 Å². The Labute approximate surface area is 712 Å². The molecule has 0 saturated heterocycles. The smallest absolute Gasteiger partial charge is 1.00 e. The van der Waals surface area contributed by atoms with Crippen LogP contribution in [0.25, 0.3) is 44.4 Å². The molecule has 34 nitrogen and oxygen atoms in total. The van der Waals surface area contributed by atoms with Crippen molar-refractivity contribution in [1.29, 1.82) is 0 Å². The second-order valence-electron chi connectivity index (χ2n) is 22.8. The van der Waals surface area contributed by atoms with Crippen molar-refractivity contribution >= 4 is 116 Å². The molecule has 5 heterocycles. The van der Waals surface area contributed by atoms with Crippen LogP contribution in [0.5, 0.6) is 0 Å². The number of allylic oxidation sites excluding steroid dienone is 4. The van der Waals surface area contributed by atoms with Crippen molar-refractivity contribution in [1.82, 2.24) is 71.0 Å². The van der Waals surface area contributed by atoms with E-state index in [-0.39, 0.29) is 246 Å². The molecule has 2 radical (unpaired) electrons. The number of carboxylic acids is 8. The summed E-state index contributed by atoms with van der Waals surface area (Å²) in [5.41, 5.74) is 19.9. The molecule has 0 spiro atoms. The van der Waals surface area contributed by atoms with Gasteiger partial charge in [-0.1, -0.05) is 54.3 Å². The van der Waals surface area contributed by atoms with Crippen LogP contribution in [0.4, 0.5) is 0 Å². The predicted molar refractivity (Wildman–Crippen MR) is 322 cm³/mol. The minimum absolute atomic E-state index is 0. The van der Waals surface area contributed by atoms with E-state index in [1.165, 1.54) is 9.80 Å². The number of amides is 4. The van der Waals surface area contributed by atoms with Gasteiger partial charge in [0, 0.05) is 118 Å². The first kappa shape index (κ1) is 99.5. The maximum Gasteiger partial charge on any atom is 3.00 e. The van der Waals surface area contributed by atoms with Gasteiger partial charge >= 0.3 is 156 Å². The Hall–Kier alpha value is -4.55. The first-order valence-corrected chi connectivity index (χ1v) is 30.4. The predicted octanol–water partition coefficient (Wildman–Crippen LogP) is -20.1. The number of aromatic nitrogens is 4. The topological polar surface area (TPSA) is 511 Å². The molecular formula is C62H74ClCoGd2N14Na2O20. The zero-order valence-corrected chi connectivity index (χ0v) is 67.7. The van der Waals surface area contributed by atoms with Gasteiger partial charge in [0.1, 0.15) is 0 Å². The van der Waals surface area contributed by atoms with Crippen LogP contribution in [0.2, 0.25) is 0 Å². The van der Waals surface area contributed by atoms with E-state index in [9.17, 15) is 98.4 Å². The van der Waals surface area contributed by atoms with Gasteiger partial charge in [-0.3, -0.25) is 70.3 Å². The second kappa shape index (κ2) is 49.3. The number of carbonyl (C=O) groups is 12. The number of halogens is 1. The molecule has 3 aromatic heterocycles. The van der Waals surface area contributed by atoms with Crippen molar-refractivity contribution < 1.29 is 267 Å². The van der Waals surface area contributed by atoms with Crippen LogP contribution in [0.15, 0.2) is 24.3 Å². The van der Waals surface area contributed by atoms with Gasteiger partial charge in [0.2, 0.25) is 11.8 Å². The van der Waals surface area contributed by atoms with Crippen molar-refractivity contribution in [2.45, 2.75) is 80.1 Å². The summed E-state index contributed by atoms with van der Waals surface area (Å²) in [7, 11) is 0. The molecule has 8 bridgehead atoms. The van der Waals surface area contributed by atoms with E-state index in [1.54, 1.807) is 6.07 Å². The summed E-state index contributed by atoms with van der Waals surface area (Å²) in [5.74, 6) is -15.9. The van der Waals surface area contributed by atoms with E-state index in [0.29, 0.717) is 79.9 Å². The Kier molecular flexibility index (Phi) is 48.1. The molecule has 546 valence electrons. The third-order valence-corrected chi connectivity index (χ3v) is 15.7. The van der Waals surface area contributed by atoms with Crippen LogP contribution < -0.4 is 144 Å². The minimum atomic E-state index is -1.61. The Bertz CT molecular complexity index is 3700. The van der Waals surface area contributed by atoms with Crippen LogP contribution in [0, 0.1) is 93.7 Å². The molecule has 0 aliphatic carbocycles. The molecule has 40 heteroatoms. The maximum atomic E-state index is 13.6. The minimum Gasteiger partial charge on any atom is -1.00 e.